The average Bonchev–Trinajstić information content (AvgIpc) is 3.08. The number of rotatable bonds is 6. The van der Waals surface area contributed by atoms with Crippen molar-refractivity contribution < 1.29 is 4.74 Å². The molecule has 0 radical (unpaired) electrons. The van der Waals surface area contributed by atoms with Gasteiger partial charge in [0, 0.05) is 5.56 Å². The zero-order valence-corrected chi connectivity index (χ0v) is 13.5. The van der Waals surface area contributed by atoms with Crippen LogP contribution in [0, 0.1) is 11.3 Å². The van der Waals surface area contributed by atoms with Gasteiger partial charge in [0.05, 0.1) is 36.7 Å². The number of nitriles is 1. The lowest BCUT2D eigenvalue weighted by Gasteiger charge is -2.08. The molecular formula is C19H18N4O. The molecule has 0 spiro atoms. The van der Waals surface area contributed by atoms with Gasteiger partial charge in [0.1, 0.15) is 5.75 Å². The third-order valence-electron chi connectivity index (χ3n) is 3.63. The molecule has 0 unspecified atom stereocenters. The van der Waals surface area contributed by atoms with Crippen molar-refractivity contribution in [2.75, 3.05) is 6.61 Å². The lowest BCUT2D eigenvalue weighted by atomic mass is 10.1. The van der Waals surface area contributed by atoms with Gasteiger partial charge in [0.25, 0.3) is 0 Å². The van der Waals surface area contributed by atoms with Crippen LogP contribution < -0.4 is 4.74 Å². The Labute approximate surface area is 141 Å². The van der Waals surface area contributed by atoms with Gasteiger partial charge >= 0.3 is 0 Å². The number of hydrogen-bond donors (Lipinski definition) is 0. The minimum Gasteiger partial charge on any atom is -0.494 e. The topological polar surface area (TPSA) is 63.7 Å². The van der Waals surface area contributed by atoms with Gasteiger partial charge in [-0.2, -0.15) is 5.26 Å². The highest BCUT2D eigenvalue weighted by atomic mass is 16.5. The van der Waals surface area contributed by atoms with Gasteiger partial charge in [0.15, 0.2) is 0 Å². The maximum atomic E-state index is 9.01. The molecule has 0 aliphatic carbocycles. The molecule has 0 atom stereocenters. The fourth-order valence-corrected chi connectivity index (χ4v) is 2.45. The molecule has 0 amide bonds. The first kappa shape index (κ1) is 15.8. The third-order valence-corrected chi connectivity index (χ3v) is 3.63. The van der Waals surface area contributed by atoms with Crippen LogP contribution >= 0.6 is 0 Å². The van der Waals surface area contributed by atoms with E-state index in [1.807, 2.05) is 47.1 Å². The molecule has 0 aliphatic rings. The Hall–Kier alpha value is -3.13. The van der Waals surface area contributed by atoms with Crippen LogP contribution in [0.5, 0.6) is 5.75 Å². The van der Waals surface area contributed by atoms with E-state index < -0.39 is 0 Å². The quantitative estimate of drug-likeness (QED) is 0.696. The first-order valence-corrected chi connectivity index (χ1v) is 7.91. The van der Waals surface area contributed by atoms with Crippen molar-refractivity contribution >= 4 is 0 Å². The summed E-state index contributed by atoms with van der Waals surface area (Å²) in [5, 5.41) is 17.2. The first-order valence-electron chi connectivity index (χ1n) is 7.91. The van der Waals surface area contributed by atoms with E-state index in [-0.39, 0.29) is 0 Å². The fraction of sp³-hybridized carbons (Fsp3) is 0.211. The van der Waals surface area contributed by atoms with Crippen LogP contribution in [-0.2, 0) is 6.54 Å². The minimum atomic E-state index is 0.568. The Balaban J connectivity index is 1.81. The Bertz CT molecular complexity index is 846. The second kappa shape index (κ2) is 7.42. The van der Waals surface area contributed by atoms with E-state index in [1.165, 1.54) is 0 Å². The normalized spacial score (nSPS) is 10.3. The largest absolute Gasteiger partial charge is 0.494 e. The van der Waals surface area contributed by atoms with Crippen LogP contribution in [0.4, 0.5) is 0 Å². The second-order valence-electron chi connectivity index (χ2n) is 5.46. The van der Waals surface area contributed by atoms with Gasteiger partial charge in [0.2, 0.25) is 0 Å². The summed E-state index contributed by atoms with van der Waals surface area (Å²) >= 11 is 0. The van der Waals surface area contributed by atoms with Crippen LogP contribution in [0.3, 0.4) is 0 Å². The summed E-state index contributed by atoms with van der Waals surface area (Å²) < 4.78 is 7.44. The van der Waals surface area contributed by atoms with Gasteiger partial charge in [-0.3, -0.25) is 0 Å². The van der Waals surface area contributed by atoms with Crippen molar-refractivity contribution in [1.29, 1.82) is 5.26 Å². The molecule has 3 aromatic rings. The summed E-state index contributed by atoms with van der Waals surface area (Å²) in [5.74, 6) is 0.862. The molecule has 2 aromatic carbocycles. The van der Waals surface area contributed by atoms with Crippen molar-refractivity contribution in [3.63, 3.8) is 0 Å². The lowest BCUT2D eigenvalue weighted by molar-refractivity contribution is 0.317. The Kier molecular flexibility index (Phi) is 4.87. The van der Waals surface area contributed by atoms with Crippen LogP contribution in [0.2, 0.25) is 0 Å². The molecule has 5 heteroatoms. The number of hydrogen-bond acceptors (Lipinski definition) is 4. The molecule has 0 saturated carbocycles. The molecule has 0 N–H and O–H groups in total. The number of nitrogens with zero attached hydrogens (tertiary/aromatic N) is 4. The molecule has 3 rings (SSSR count). The van der Waals surface area contributed by atoms with Crippen LogP contribution in [0.25, 0.3) is 11.3 Å². The molecule has 5 nitrogen and oxygen atoms in total. The Morgan fingerprint density at radius 1 is 1.17 bits per heavy atom. The number of aromatic nitrogens is 3. The maximum Gasteiger partial charge on any atom is 0.119 e. The van der Waals surface area contributed by atoms with Crippen molar-refractivity contribution in [2.24, 2.45) is 0 Å². The SMILES string of the molecule is CCCOc1ccc(-c2cnnn2Cc2cccc(C#N)c2)cc1. The van der Waals surface area contributed by atoms with Crippen molar-refractivity contribution in [1.82, 2.24) is 15.0 Å². The summed E-state index contributed by atoms with van der Waals surface area (Å²) in [5.41, 5.74) is 3.62. The summed E-state index contributed by atoms with van der Waals surface area (Å²) in [4.78, 5) is 0. The molecule has 0 fully saturated rings. The van der Waals surface area contributed by atoms with E-state index in [1.54, 1.807) is 12.3 Å². The monoisotopic (exact) mass is 318 g/mol. The maximum absolute atomic E-state index is 9.01. The third kappa shape index (κ3) is 3.61. The number of ether oxygens (including phenoxy) is 1. The van der Waals surface area contributed by atoms with E-state index in [2.05, 4.69) is 23.3 Å². The smallest absolute Gasteiger partial charge is 0.119 e. The van der Waals surface area contributed by atoms with Crippen molar-refractivity contribution in [3.05, 3.63) is 65.9 Å². The standard InChI is InChI=1S/C19H18N4O/c1-2-10-24-18-8-6-17(7-9-18)19-13-21-22-23(19)14-16-5-3-4-15(11-16)12-20/h3-9,11,13H,2,10,14H2,1H3. The first-order chi connectivity index (χ1) is 11.8. The highest BCUT2D eigenvalue weighted by Gasteiger charge is 2.08. The highest BCUT2D eigenvalue weighted by Crippen LogP contribution is 2.22. The molecule has 0 aliphatic heterocycles. The lowest BCUT2D eigenvalue weighted by Crippen LogP contribution is -2.04. The van der Waals surface area contributed by atoms with E-state index in [0.29, 0.717) is 18.7 Å². The summed E-state index contributed by atoms with van der Waals surface area (Å²) in [6, 6.07) is 17.6. The highest BCUT2D eigenvalue weighted by molar-refractivity contribution is 5.59. The van der Waals surface area contributed by atoms with Crippen LogP contribution in [0.1, 0.15) is 24.5 Å². The zero-order chi connectivity index (χ0) is 16.8. The predicted molar refractivity (Wildman–Crippen MR) is 91.5 cm³/mol. The van der Waals surface area contributed by atoms with Crippen LogP contribution in [0.15, 0.2) is 54.7 Å². The summed E-state index contributed by atoms with van der Waals surface area (Å²) in [6.45, 7) is 3.37. The Morgan fingerprint density at radius 2 is 2.00 bits per heavy atom. The minimum absolute atomic E-state index is 0.568. The summed E-state index contributed by atoms with van der Waals surface area (Å²) in [7, 11) is 0. The van der Waals surface area contributed by atoms with Gasteiger partial charge in [-0.25, -0.2) is 4.68 Å². The van der Waals surface area contributed by atoms with Crippen molar-refractivity contribution in [2.45, 2.75) is 19.9 Å². The van der Waals surface area contributed by atoms with Gasteiger partial charge in [-0.15, -0.1) is 5.10 Å². The van der Waals surface area contributed by atoms with E-state index in [0.717, 1.165) is 29.0 Å². The van der Waals surface area contributed by atoms with E-state index in [9.17, 15) is 0 Å². The van der Waals surface area contributed by atoms with Crippen LogP contribution in [-0.4, -0.2) is 21.6 Å². The van der Waals surface area contributed by atoms with E-state index in [4.69, 9.17) is 10.00 Å². The molecule has 120 valence electrons. The molecular weight excluding hydrogens is 300 g/mol. The number of benzene rings is 2. The van der Waals surface area contributed by atoms with Crippen molar-refractivity contribution in [3.8, 4) is 23.1 Å². The predicted octanol–water partition coefficient (Wildman–Crippen LogP) is 3.65. The molecule has 1 heterocycles. The average molecular weight is 318 g/mol. The van der Waals surface area contributed by atoms with E-state index >= 15 is 0 Å². The van der Waals surface area contributed by atoms with Gasteiger partial charge in [-0.05, 0) is 48.4 Å². The molecule has 0 bridgehead atoms. The zero-order valence-electron chi connectivity index (χ0n) is 13.5. The molecule has 0 saturated heterocycles. The van der Waals surface area contributed by atoms with Gasteiger partial charge in [-0.1, -0.05) is 24.3 Å². The molecule has 24 heavy (non-hydrogen) atoms. The summed E-state index contributed by atoms with van der Waals surface area (Å²) in [6.07, 6.45) is 2.73. The van der Waals surface area contributed by atoms with Gasteiger partial charge < -0.3 is 4.74 Å². The Morgan fingerprint density at radius 3 is 2.75 bits per heavy atom. The second-order valence-corrected chi connectivity index (χ2v) is 5.46. The molecule has 1 aromatic heterocycles. The fourth-order valence-electron chi connectivity index (χ4n) is 2.45.